The highest BCUT2D eigenvalue weighted by Crippen LogP contribution is 2.41. The monoisotopic (exact) mass is 577 g/mol. The minimum atomic E-state index is -0.550. The number of aliphatic hydroxyl groups excluding tert-OH is 1. The molecule has 0 saturated carbocycles. The summed E-state index contributed by atoms with van der Waals surface area (Å²) in [6.45, 7) is 4.18. The quantitative estimate of drug-likeness (QED) is 0.189. The zero-order chi connectivity index (χ0) is 30.1. The first-order valence-corrected chi connectivity index (χ1v) is 14.6. The Labute approximate surface area is 250 Å². The molecule has 6 rings (SSSR count). The molecule has 1 amide bonds. The maximum atomic E-state index is 14.0. The molecule has 43 heavy (non-hydrogen) atoms. The van der Waals surface area contributed by atoms with Crippen LogP contribution in [0.2, 0.25) is 0 Å². The lowest BCUT2D eigenvalue weighted by Gasteiger charge is -2.24. The van der Waals surface area contributed by atoms with Crippen molar-refractivity contribution in [3.05, 3.63) is 107 Å². The number of H-pyrrole nitrogens is 1. The standard InChI is InChI=1S/C35H35N3O5/c1-21(2)43-32-18-27-23(16-31(32)42-3)13-14-38-30(27)17-28(33(38)34(40)22-9-5-4-6-10-22)35(41)37-25(20-39)15-24-19-36-29-12-8-7-11-26(24)29/h4-12,16-19,21,25,36,39H,13-15,20H2,1-3H3,(H,37,41). The summed E-state index contributed by atoms with van der Waals surface area (Å²) in [5.74, 6) is 0.611. The van der Waals surface area contributed by atoms with E-state index in [1.807, 2.05) is 79.2 Å². The lowest BCUT2D eigenvalue weighted by Crippen LogP contribution is -2.39. The lowest BCUT2D eigenvalue weighted by molar-refractivity contribution is 0.0907. The van der Waals surface area contributed by atoms with Gasteiger partial charge in [-0.2, -0.15) is 0 Å². The molecular formula is C35H35N3O5. The van der Waals surface area contributed by atoms with Crippen molar-refractivity contribution >= 4 is 22.6 Å². The first-order valence-electron chi connectivity index (χ1n) is 14.6. The van der Waals surface area contributed by atoms with Gasteiger partial charge in [-0.1, -0.05) is 48.5 Å². The van der Waals surface area contributed by atoms with Gasteiger partial charge in [0.2, 0.25) is 5.78 Å². The maximum Gasteiger partial charge on any atom is 0.253 e. The number of aromatic amines is 1. The number of methoxy groups -OCH3 is 1. The van der Waals surface area contributed by atoms with Crippen LogP contribution in [0.1, 0.15) is 51.4 Å². The third-order valence-corrected chi connectivity index (χ3v) is 7.92. The van der Waals surface area contributed by atoms with Gasteiger partial charge in [0.25, 0.3) is 5.91 Å². The summed E-state index contributed by atoms with van der Waals surface area (Å²) in [7, 11) is 1.62. The minimum Gasteiger partial charge on any atom is -0.493 e. The summed E-state index contributed by atoms with van der Waals surface area (Å²) >= 11 is 0. The van der Waals surface area contributed by atoms with Crippen molar-refractivity contribution in [2.45, 2.75) is 45.4 Å². The van der Waals surface area contributed by atoms with Crippen LogP contribution in [-0.4, -0.2) is 52.2 Å². The number of carbonyl (C=O) groups excluding carboxylic acids is 2. The Morgan fingerprint density at radius 1 is 1.02 bits per heavy atom. The second kappa shape index (κ2) is 11.8. The zero-order valence-corrected chi connectivity index (χ0v) is 24.5. The van der Waals surface area contributed by atoms with Crippen LogP contribution in [0.15, 0.2) is 79.0 Å². The number of hydrogen-bond donors (Lipinski definition) is 3. The lowest BCUT2D eigenvalue weighted by atomic mass is 9.97. The van der Waals surface area contributed by atoms with E-state index in [9.17, 15) is 14.7 Å². The van der Waals surface area contributed by atoms with E-state index in [0.29, 0.717) is 42.1 Å². The molecule has 5 aromatic rings. The summed E-state index contributed by atoms with van der Waals surface area (Å²) < 4.78 is 13.6. The zero-order valence-electron chi connectivity index (χ0n) is 24.5. The van der Waals surface area contributed by atoms with E-state index in [2.05, 4.69) is 10.3 Å². The molecule has 1 aliphatic heterocycles. The number of aryl methyl sites for hydroxylation is 1. The SMILES string of the molecule is COc1cc2c(cc1OC(C)C)-c1cc(C(=O)NC(CO)Cc3c[nH]c4ccccc34)c(C(=O)c3ccccc3)n1CC2. The van der Waals surface area contributed by atoms with E-state index >= 15 is 0 Å². The Hall–Kier alpha value is -4.82. The van der Waals surface area contributed by atoms with Gasteiger partial charge in [-0.15, -0.1) is 0 Å². The number of nitrogens with one attached hydrogen (secondary N) is 2. The maximum absolute atomic E-state index is 14.0. The van der Waals surface area contributed by atoms with Gasteiger partial charge >= 0.3 is 0 Å². The number of ether oxygens (including phenoxy) is 2. The number of aliphatic hydroxyl groups is 1. The predicted molar refractivity (Wildman–Crippen MR) is 166 cm³/mol. The molecule has 1 aliphatic rings. The summed E-state index contributed by atoms with van der Waals surface area (Å²) in [5, 5.41) is 14.3. The fourth-order valence-corrected chi connectivity index (χ4v) is 5.92. The second-order valence-electron chi connectivity index (χ2n) is 11.1. The third-order valence-electron chi connectivity index (χ3n) is 7.92. The van der Waals surface area contributed by atoms with Crippen LogP contribution in [0.25, 0.3) is 22.2 Å². The number of carbonyl (C=O) groups is 2. The average Bonchev–Trinajstić information content (AvgIpc) is 3.62. The van der Waals surface area contributed by atoms with Crippen LogP contribution >= 0.6 is 0 Å². The molecule has 0 radical (unpaired) electrons. The minimum absolute atomic E-state index is 0.0635. The Kier molecular flexibility index (Phi) is 7.78. The number of para-hydroxylation sites is 1. The Bertz CT molecular complexity index is 1800. The highest BCUT2D eigenvalue weighted by molar-refractivity contribution is 6.15. The summed E-state index contributed by atoms with van der Waals surface area (Å²) in [6, 6.07) is 22.1. The number of nitrogens with zero attached hydrogens (tertiary/aromatic N) is 1. The van der Waals surface area contributed by atoms with E-state index < -0.39 is 11.9 Å². The van der Waals surface area contributed by atoms with E-state index in [-0.39, 0.29) is 24.1 Å². The molecule has 8 nitrogen and oxygen atoms in total. The van der Waals surface area contributed by atoms with Crippen LogP contribution in [0.3, 0.4) is 0 Å². The molecule has 1 unspecified atom stereocenters. The van der Waals surface area contributed by atoms with Crippen LogP contribution in [0, 0.1) is 0 Å². The molecule has 0 aliphatic carbocycles. The number of rotatable bonds is 10. The van der Waals surface area contributed by atoms with Crippen molar-refractivity contribution in [2.24, 2.45) is 0 Å². The highest BCUT2D eigenvalue weighted by atomic mass is 16.5. The molecule has 8 heteroatoms. The molecule has 0 fully saturated rings. The Morgan fingerprint density at radius 3 is 2.53 bits per heavy atom. The van der Waals surface area contributed by atoms with E-state index in [1.165, 1.54) is 0 Å². The topological polar surface area (TPSA) is 106 Å². The molecule has 220 valence electrons. The number of aromatic nitrogens is 2. The summed E-state index contributed by atoms with van der Waals surface area (Å²) in [6.07, 6.45) is 2.93. The van der Waals surface area contributed by atoms with Gasteiger partial charge in [-0.3, -0.25) is 9.59 Å². The Morgan fingerprint density at radius 2 is 1.79 bits per heavy atom. The molecule has 0 bridgehead atoms. The van der Waals surface area contributed by atoms with E-state index in [0.717, 1.165) is 33.3 Å². The molecule has 0 spiro atoms. The smallest absolute Gasteiger partial charge is 0.253 e. The summed E-state index contributed by atoms with van der Waals surface area (Å²) in [5.41, 5.74) is 5.79. The molecule has 1 atom stereocenters. The van der Waals surface area contributed by atoms with Crippen molar-refractivity contribution in [1.29, 1.82) is 0 Å². The normalized spacial score (nSPS) is 13.0. The van der Waals surface area contributed by atoms with Gasteiger partial charge in [0.05, 0.1) is 31.4 Å². The van der Waals surface area contributed by atoms with Crippen molar-refractivity contribution in [3.8, 4) is 22.8 Å². The second-order valence-corrected chi connectivity index (χ2v) is 11.1. The fourth-order valence-electron chi connectivity index (χ4n) is 5.92. The van der Waals surface area contributed by atoms with E-state index in [4.69, 9.17) is 9.47 Å². The van der Waals surface area contributed by atoms with Gasteiger partial charge in [0.1, 0.15) is 5.69 Å². The van der Waals surface area contributed by atoms with Crippen molar-refractivity contribution in [2.75, 3.05) is 13.7 Å². The van der Waals surface area contributed by atoms with Crippen LogP contribution in [-0.2, 0) is 19.4 Å². The number of ketones is 1. The molecule has 2 aromatic heterocycles. The molecule has 3 aromatic carbocycles. The number of amides is 1. The third kappa shape index (κ3) is 5.42. The van der Waals surface area contributed by atoms with Crippen LogP contribution < -0.4 is 14.8 Å². The molecule has 3 heterocycles. The van der Waals surface area contributed by atoms with Crippen molar-refractivity contribution in [1.82, 2.24) is 14.9 Å². The molecule has 3 N–H and O–H groups in total. The van der Waals surface area contributed by atoms with Gasteiger partial charge in [-0.05, 0) is 62.1 Å². The van der Waals surface area contributed by atoms with Crippen molar-refractivity contribution in [3.63, 3.8) is 0 Å². The first-order chi connectivity index (χ1) is 20.9. The average molecular weight is 578 g/mol. The van der Waals surface area contributed by atoms with Gasteiger partial charge in [-0.25, -0.2) is 0 Å². The van der Waals surface area contributed by atoms with Gasteiger partial charge < -0.3 is 29.4 Å². The van der Waals surface area contributed by atoms with E-state index in [1.54, 1.807) is 25.3 Å². The fraction of sp³-hybridized carbons (Fsp3) is 0.257. The molecular weight excluding hydrogens is 542 g/mol. The summed E-state index contributed by atoms with van der Waals surface area (Å²) in [4.78, 5) is 31.2. The van der Waals surface area contributed by atoms with Crippen molar-refractivity contribution < 1.29 is 24.2 Å². The number of hydrogen-bond acceptors (Lipinski definition) is 5. The largest absolute Gasteiger partial charge is 0.493 e. The highest BCUT2D eigenvalue weighted by Gasteiger charge is 2.31. The predicted octanol–water partition coefficient (Wildman–Crippen LogP) is 5.55. The number of fused-ring (bicyclic) bond motifs is 4. The Balaban J connectivity index is 1.41. The molecule has 0 saturated heterocycles. The van der Waals surface area contributed by atoms with Crippen LogP contribution in [0.5, 0.6) is 11.5 Å². The number of benzene rings is 3. The first kappa shape index (κ1) is 28.3. The van der Waals surface area contributed by atoms with Gasteiger partial charge in [0, 0.05) is 40.5 Å². The van der Waals surface area contributed by atoms with Crippen LogP contribution in [0.4, 0.5) is 0 Å². The van der Waals surface area contributed by atoms with Gasteiger partial charge in [0.15, 0.2) is 11.5 Å².